The second-order valence-electron chi connectivity index (χ2n) is 8.18. The summed E-state index contributed by atoms with van der Waals surface area (Å²) >= 11 is 0. The molecule has 0 radical (unpaired) electrons. The minimum Gasteiger partial charge on any atom is -0.370 e. The Bertz CT molecular complexity index is 873. The molecule has 7 nitrogen and oxygen atoms in total. The number of anilines is 2. The zero-order valence-electron chi connectivity index (χ0n) is 16.3. The van der Waals surface area contributed by atoms with Gasteiger partial charge in [-0.15, -0.1) is 0 Å². The van der Waals surface area contributed by atoms with Crippen LogP contribution in [0.5, 0.6) is 0 Å². The highest BCUT2D eigenvalue weighted by molar-refractivity contribution is 6.07. The number of urea groups is 1. The Morgan fingerprint density at radius 2 is 1.80 bits per heavy atom. The molecule has 4 rings (SSSR count). The standard InChI is InChI=1S/C20H23F3N4O3/c21-20(22,23)13-3-4-15(27-9-1-2-10-27)14(11-13)24-16(28)12-5-7-19(8-6-12)17(29)25-18(30)26-19/h3-4,11-12H,1-2,5-10H2,(H,24,28)(H2,25,26,29,30). The molecule has 162 valence electrons. The van der Waals surface area contributed by atoms with Crippen molar-refractivity contribution in [3.63, 3.8) is 0 Å². The summed E-state index contributed by atoms with van der Waals surface area (Å²) in [6, 6.07) is 2.90. The quantitative estimate of drug-likeness (QED) is 0.651. The van der Waals surface area contributed by atoms with Gasteiger partial charge < -0.3 is 15.5 Å². The first-order valence-corrected chi connectivity index (χ1v) is 10.1. The van der Waals surface area contributed by atoms with E-state index in [4.69, 9.17) is 0 Å². The highest BCUT2D eigenvalue weighted by Crippen LogP contribution is 2.38. The van der Waals surface area contributed by atoms with Crippen LogP contribution in [0.25, 0.3) is 0 Å². The number of hydrogen-bond donors (Lipinski definition) is 3. The Balaban J connectivity index is 1.50. The first-order valence-electron chi connectivity index (χ1n) is 10.1. The number of amides is 4. The lowest BCUT2D eigenvalue weighted by molar-refractivity contribution is -0.137. The van der Waals surface area contributed by atoms with Crippen LogP contribution in [0.3, 0.4) is 0 Å². The summed E-state index contributed by atoms with van der Waals surface area (Å²) in [6.07, 6.45) is -1.27. The van der Waals surface area contributed by atoms with Crippen LogP contribution in [0.1, 0.15) is 44.1 Å². The van der Waals surface area contributed by atoms with Crippen LogP contribution in [0.15, 0.2) is 18.2 Å². The van der Waals surface area contributed by atoms with Crippen molar-refractivity contribution in [2.45, 2.75) is 50.2 Å². The molecule has 3 N–H and O–H groups in total. The van der Waals surface area contributed by atoms with E-state index in [0.29, 0.717) is 31.4 Å². The van der Waals surface area contributed by atoms with Crippen molar-refractivity contribution in [2.24, 2.45) is 5.92 Å². The van der Waals surface area contributed by atoms with E-state index in [1.165, 1.54) is 6.07 Å². The van der Waals surface area contributed by atoms with Crippen molar-refractivity contribution >= 4 is 29.2 Å². The number of carbonyl (C=O) groups excluding carboxylic acids is 3. The van der Waals surface area contributed by atoms with Crippen LogP contribution in [-0.4, -0.2) is 36.5 Å². The van der Waals surface area contributed by atoms with Crippen molar-refractivity contribution in [2.75, 3.05) is 23.3 Å². The number of imide groups is 1. The number of benzene rings is 1. The predicted octanol–water partition coefficient (Wildman–Crippen LogP) is 3.01. The fraction of sp³-hybridized carbons (Fsp3) is 0.550. The number of halogens is 3. The second kappa shape index (κ2) is 7.48. The third-order valence-corrected chi connectivity index (χ3v) is 6.25. The van der Waals surface area contributed by atoms with Crippen LogP contribution < -0.4 is 20.9 Å². The maximum Gasteiger partial charge on any atom is 0.416 e. The van der Waals surface area contributed by atoms with E-state index in [1.54, 1.807) is 0 Å². The molecular weight excluding hydrogens is 401 g/mol. The summed E-state index contributed by atoms with van der Waals surface area (Å²) in [7, 11) is 0. The Kier molecular flexibility index (Phi) is 5.11. The number of nitrogens with zero attached hydrogens (tertiary/aromatic N) is 1. The molecule has 0 aromatic heterocycles. The number of carbonyl (C=O) groups is 3. The van der Waals surface area contributed by atoms with Crippen LogP contribution in [-0.2, 0) is 15.8 Å². The third kappa shape index (κ3) is 3.82. The molecule has 1 aliphatic carbocycles. The number of rotatable bonds is 3. The monoisotopic (exact) mass is 424 g/mol. The van der Waals surface area contributed by atoms with E-state index in [9.17, 15) is 27.6 Å². The van der Waals surface area contributed by atoms with E-state index < -0.39 is 29.2 Å². The maximum absolute atomic E-state index is 13.2. The maximum atomic E-state index is 13.2. The first-order chi connectivity index (χ1) is 14.2. The van der Waals surface area contributed by atoms with Crippen molar-refractivity contribution in [3.05, 3.63) is 23.8 Å². The fourth-order valence-corrected chi connectivity index (χ4v) is 4.53. The Morgan fingerprint density at radius 3 is 2.37 bits per heavy atom. The van der Waals surface area contributed by atoms with Gasteiger partial charge in [-0.3, -0.25) is 14.9 Å². The molecule has 1 aromatic rings. The molecule has 4 amide bonds. The van der Waals surface area contributed by atoms with Crippen molar-refractivity contribution in [1.29, 1.82) is 0 Å². The molecule has 10 heteroatoms. The molecule has 2 heterocycles. The molecule has 0 unspecified atom stereocenters. The molecule has 30 heavy (non-hydrogen) atoms. The smallest absolute Gasteiger partial charge is 0.370 e. The van der Waals surface area contributed by atoms with Gasteiger partial charge in [0.05, 0.1) is 16.9 Å². The molecule has 1 aromatic carbocycles. The van der Waals surface area contributed by atoms with Gasteiger partial charge in [-0.25, -0.2) is 4.79 Å². The lowest BCUT2D eigenvalue weighted by atomic mass is 9.76. The molecule has 0 atom stereocenters. The number of alkyl halides is 3. The normalized spacial score (nSPS) is 26.6. The zero-order valence-corrected chi connectivity index (χ0v) is 16.3. The summed E-state index contributed by atoms with van der Waals surface area (Å²) in [5.74, 6) is -1.20. The highest BCUT2D eigenvalue weighted by Gasteiger charge is 2.49. The molecule has 1 spiro atoms. The van der Waals surface area contributed by atoms with Crippen molar-refractivity contribution in [3.8, 4) is 0 Å². The zero-order chi connectivity index (χ0) is 21.5. The average Bonchev–Trinajstić information content (AvgIpc) is 3.30. The summed E-state index contributed by atoms with van der Waals surface area (Å²) in [4.78, 5) is 38.3. The number of nitrogens with one attached hydrogen (secondary N) is 3. The molecule has 3 fully saturated rings. The molecule has 0 bridgehead atoms. The van der Waals surface area contributed by atoms with Crippen LogP contribution in [0.2, 0.25) is 0 Å². The lowest BCUT2D eigenvalue weighted by Gasteiger charge is -2.34. The van der Waals surface area contributed by atoms with E-state index in [0.717, 1.165) is 38.1 Å². The van der Waals surface area contributed by atoms with Gasteiger partial charge in [-0.05, 0) is 56.7 Å². The van der Waals surface area contributed by atoms with Gasteiger partial charge in [0.1, 0.15) is 5.54 Å². The van der Waals surface area contributed by atoms with Gasteiger partial charge in [0.25, 0.3) is 5.91 Å². The average molecular weight is 424 g/mol. The summed E-state index contributed by atoms with van der Waals surface area (Å²) < 4.78 is 39.6. The molecule has 2 aliphatic heterocycles. The first kappa shape index (κ1) is 20.5. The topological polar surface area (TPSA) is 90.5 Å². The van der Waals surface area contributed by atoms with Gasteiger partial charge in [0.2, 0.25) is 5.91 Å². The van der Waals surface area contributed by atoms with Crippen molar-refractivity contribution in [1.82, 2.24) is 10.6 Å². The highest BCUT2D eigenvalue weighted by atomic mass is 19.4. The van der Waals surface area contributed by atoms with E-state index >= 15 is 0 Å². The van der Waals surface area contributed by atoms with Gasteiger partial charge in [-0.2, -0.15) is 13.2 Å². The van der Waals surface area contributed by atoms with Gasteiger partial charge in [-0.1, -0.05) is 0 Å². The van der Waals surface area contributed by atoms with Gasteiger partial charge >= 0.3 is 12.2 Å². The Morgan fingerprint density at radius 1 is 1.13 bits per heavy atom. The molecular formula is C20H23F3N4O3. The molecule has 1 saturated carbocycles. The van der Waals surface area contributed by atoms with E-state index in [1.807, 2.05) is 4.90 Å². The summed E-state index contributed by atoms with van der Waals surface area (Å²) in [5.41, 5.74) is -1.05. The van der Waals surface area contributed by atoms with Crippen LogP contribution in [0.4, 0.5) is 29.3 Å². The SMILES string of the molecule is O=C1NC(=O)C2(CCC(C(=O)Nc3cc(C(F)(F)F)ccc3N3CCCC3)CC2)N1. The summed E-state index contributed by atoms with van der Waals surface area (Å²) in [5, 5.41) is 7.55. The van der Waals surface area contributed by atoms with Crippen LogP contribution in [0, 0.1) is 5.92 Å². The fourth-order valence-electron chi connectivity index (χ4n) is 4.53. The van der Waals surface area contributed by atoms with E-state index in [2.05, 4.69) is 16.0 Å². The van der Waals surface area contributed by atoms with Gasteiger partial charge in [0, 0.05) is 19.0 Å². The Hall–Kier alpha value is -2.78. The third-order valence-electron chi connectivity index (χ3n) is 6.25. The Labute approximate surface area is 171 Å². The number of hydrogen-bond acceptors (Lipinski definition) is 4. The summed E-state index contributed by atoms with van der Waals surface area (Å²) in [6.45, 7) is 1.46. The van der Waals surface area contributed by atoms with Gasteiger partial charge in [0.15, 0.2) is 0 Å². The minimum absolute atomic E-state index is 0.156. The predicted molar refractivity (Wildman–Crippen MR) is 103 cm³/mol. The second-order valence-corrected chi connectivity index (χ2v) is 8.18. The lowest BCUT2D eigenvalue weighted by Crippen LogP contribution is -2.50. The minimum atomic E-state index is -4.51. The van der Waals surface area contributed by atoms with Crippen LogP contribution >= 0.6 is 0 Å². The molecule has 3 aliphatic rings. The largest absolute Gasteiger partial charge is 0.416 e. The van der Waals surface area contributed by atoms with E-state index in [-0.39, 0.29) is 17.5 Å². The molecule has 2 saturated heterocycles. The van der Waals surface area contributed by atoms with Crippen molar-refractivity contribution < 1.29 is 27.6 Å².